The van der Waals surface area contributed by atoms with E-state index in [1.54, 1.807) is 24.3 Å². The first kappa shape index (κ1) is 16.5. The maximum absolute atomic E-state index is 12.4. The van der Waals surface area contributed by atoms with Crippen molar-refractivity contribution in [3.05, 3.63) is 70.8 Å². The summed E-state index contributed by atoms with van der Waals surface area (Å²) in [7, 11) is 0. The van der Waals surface area contributed by atoms with Crippen LogP contribution in [-0.2, 0) is 11.2 Å². The van der Waals surface area contributed by atoms with Gasteiger partial charge in [0.2, 0.25) is 5.91 Å². The number of hydrogen-bond donors (Lipinski definition) is 1. The first-order valence-electron chi connectivity index (χ1n) is 8.97. The minimum absolute atomic E-state index is 0.00892. The number of carbonyl (C=O) groups excluding carboxylic acids is 3. The van der Waals surface area contributed by atoms with E-state index in [1.807, 2.05) is 12.1 Å². The fourth-order valence-electron chi connectivity index (χ4n) is 3.83. The Morgan fingerprint density at radius 2 is 1.65 bits per heavy atom. The summed E-state index contributed by atoms with van der Waals surface area (Å²) in [6.07, 6.45) is 3.11. The summed E-state index contributed by atoms with van der Waals surface area (Å²) in [5.41, 5.74) is 3.29. The number of fused-ring (bicyclic) bond motifs is 2. The van der Waals surface area contributed by atoms with Crippen LogP contribution in [0.5, 0.6) is 0 Å². The van der Waals surface area contributed by atoms with E-state index in [4.69, 9.17) is 0 Å². The third-order valence-corrected chi connectivity index (χ3v) is 5.15. The van der Waals surface area contributed by atoms with Gasteiger partial charge in [0.25, 0.3) is 11.8 Å². The second-order valence-corrected chi connectivity index (χ2v) is 6.77. The number of nitrogens with zero attached hydrogens (tertiary/aromatic N) is 1. The zero-order chi connectivity index (χ0) is 18.1. The largest absolute Gasteiger partial charge is 0.349 e. The summed E-state index contributed by atoms with van der Waals surface area (Å²) in [6, 6.07) is 14.9. The molecule has 0 saturated carbocycles. The van der Waals surface area contributed by atoms with Crippen molar-refractivity contribution in [3.63, 3.8) is 0 Å². The number of carbonyl (C=O) groups is 3. The normalized spacial score (nSPS) is 18.5. The topological polar surface area (TPSA) is 66.5 Å². The molecule has 1 aliphatic carbocycles. The van der Waals surface area contributed by atoms with Gasteiger partial charge in [-0.3, -0.25) is 19.3 Å². The SMILES string of the molecule is O=C(CCN1C(=O)c2ccccc2C1=O)N[C@H]1CCCc2ccccc21. The van der Waals surface area contributed by atoms with Crippen molar-refractivity contribution < 1.29 is 14.4 Å². The smallest absolute Gasteiger partial charge is 0.261 e. The number of imide groups is 1. The Labute approximate surface area is 152 Å². The molecule has 0 fully saturated rings. The third-order valence-electron chi connectivity index (χ3n) is 5.15. The maximum atomic E-state index is 12.4. The van der Waals surface area contributed by atoms with Crippen LogP contribution in [0, 0.1) is 0 Å². The monoisotopic (exact) mass is 348 g/mol. The van der Waals surface area contributed by atoms with Crippen molar-refractivity contribution in [2.45, 2.75) is 31.7 Å². The van der Waals surface area contributed by atoms with Crippen molar-refractivity contribution in [1.29, 1.82) is 0 Å². The van der Waals surface area contributed by atoms with Gasteiger partial charge in [0.15, 0.2) is 0 Å². The average molecular weight is 348 g/mol. The van der Waals surface area contributed by atoms with Crippen LogP contribution in [0.1, 0.15) is 57.1 Å². The molecule has 1 heterocycles. The van der Waals surface area contributed by atoms with Gasteiger partial charge < -0.3 is 5.32 Å². The van der Waals surface area contributed by atoms with Crippen LogP contribution in [0.2, 0.25) is 0 Å². The minimum Gasteiger partial charge on any atom is -0.349 e. The molecule has 0 radical (unpaired) electrons. The Bertz CT molecular complexity index is 855. The zero-order valence-corrected chi connectivity index (χ0v) is 14.4. The lowest BCUT2D eigenvalue weighted by Gasteiger charge is -2.26. The molecule has 5 nitrogen and oxygen atoms in total. The molecular formula is C21H20N2O3. The molecule has 0 aromatic heterocycles. The van der Waals surface area contributed by atoms with E-state index in [-0.39, 0.29) is 36.7 Å². The fraction of sp³-hybridized carbons (Fsp3) is 0.286. The quantitative estimate of drug-likeness (QED) is 0.864. The summed E-state index contributed by atoms with van der Waals surface area (Å²) in [5.74, 6) is -0.772. The van der Waals surface area contributed by atoms with Crippen LogP contribution in [0.3, 0.4) is 0 Å². The molecule has 2 aromatic rings. The second-order valence-electron chi connectivity index (χ2n) is 6.77. The molecule has 3 amide bonds. The van der Waals surface area contributed by atoms with E-state index in [2.05, 4.69) is 17.4 Å². The van der Waals surface area contributed by atoms with Crippen molar-refractivity contribution in [3.8, 4) is 0 Å². The summed E-state index contributed by atoms with van der Waals surface area (Å²) in [6.45, 7) is 0.104. The molecule has 1 N–H and O–H groups in total. The van der Waals surface area contributed by atoms with E-state index in [1.165, 1.54) is 16.0 Å². The van der Waals surface area contributed by atoms with Crippen molar-refractivity contribution in [2.75, 3.05) is 6.54 Å². The summed E-state index contributed by atoms with van der Waals surface area (Å²) in [5, 5.41) is 3.06. The molecule has 0 saturated heterocycles. The molecule has 4 rings (SSSR count). The Hall–Kier alpha value is -2.95. The number of rotatable bonds is 4. The highest BCUT2D eigenvalue weighted by molar-refractivity contribution is 6.21. The first-order chi connectivity index (χ1) is 12.6. The average Bonchev–Trinajstić information content (AvgIpc) is 2.91. The van der Waals surface area contributed by atoms with Gasteiger partial charge in [0.1, 0.15) is 0 Å². The van der Waals surface area contributed by atoms with E-state index in [9.17, 15) is 14.4 Å². The Balaban J connectivity index is 1.39. The molecule has 2 aromatic carbocycles. The summed E-state index contributed by atoms with van der Waals surface area (Å²) >= 11 is 0. The Kier molecular flexibility index (Phi) is 4.29. The number of benzene rings is 2. The van der Waals surface area contributed by atoms with Gasteiger partial charge >= 0.3 is 0 Å². The minimum atomic E-state index is -0.318. The first-order valence-corrected chi connectivity index (χ1v) is 8.97. The zero-order valence-electron chi connectivity index (χ0n) is 14.4. The molecule has 1 aliphatic heterocycles. The third kappa shape index (κ3) is 2.90. The van der Waals surface area contributed by atoms with E-state index in [0.29, 0.717) is 11.1 Å². The Morgan fingerprint density at radius 3 is 2.38 bits per heavy atom. The number of hydrogen-bond acceptors (Lipinski definition) is 3. The van der Waals surface area contributed by atoms with Crippen molar-refractivity contribution in [2.24, 2.45) is 0 Å². The Morgan fingerprint density at radius 1 is 1.00 bits per heavy atom. The van der Waals surface area contributed by atoms with Crippen LogP contribution in [0.15, 0.2) is 48.5 Å². The lowest BCUT2D eigenvalue weighted by atomic mass is 9.87. The van der Waals surface area contributed by atoms with Crippen molar-refractivity contribution >= 4 is 17.7 Å². The van der Waals surface area contributed by atoms with Crippen LogP contribution < -0.4 is 5.32 Å². The predicted molar refractivity (Wildman–Crippen MR) is 96.7 cm³/mol. The maximum Gasteiger partial charge on any atom is 0.261 e. The molecule has 0 spiro atoms. The van der Waals surface area contributed by atoms with Crippen molar-refractivity contribution in [1.82, 2.24) is 10.2 Å². The van der Waals surface area contributed by atoms with E-state index >= 15 is 0 Å². The number of aryl methyl sites for hydroxylation is 1. The number of amides is 3. The lowest BCUT2D eigenvalue weighted by molar-refractivity contribution is -0.122. The van der Waals surface area contributed by atoms with Gasteiger partial charge in [-0.05, 0) is 42.5 Å². The molecular weight excluding hydrogens is 328 g/mol. The molecule has 26 heavy (non-hydrogen) atoms. The molecule has 0 bridgehead atoms. The van der Waals surface area contributed by atoms with Gasteiger partial charge in [-0.25, -0.2) is 0 Å². The fourth-order valence-corrected chi connectivity index (χ4v) is 3.83. The van der Waals surface area contributed by atoms with Gasteiger partial charge in [-0.15, -0.1) is 0 Å². The molecule has 1 atom stereocenters. The van der Waals surface area contributed by atoms with Crippen LogP contribution >= 0.6 is 0 Å². The van der Waals surface area contributed by atoms with Gasteiger partial charge in [-0.1, -0.05) is 36.4 Å². The highest BCUT2D eigenvalue weighted by Crippen LogP contribution is 2.29. The second kappa shape index (κ2) is 6.75. The van der Waals surface area contributed by atoms with E-state index in [0.717, 1.165) is 19.3 Å². The van der Waals surface area contributed by atoms with Gasteiger partial charge in [0.05, 0.1) is 17.2 Å². The summed E-state index contributed by atoms with van der Waals surface area (Å²) < 4.78 is 0. The predicted octanol–water partition coefficient (Wildman–Crippen LogP) is 2.87. The highest BCUT2D eigenvalue weighted by atomic mass is 16.2. The summed E-state index contributed by atoms with van der Waals surface area (Å²) in [4.78, 5) is 38.3. The highest BCUT2D eigenvalue weighted by Gasteiger charge is 2.35. The molecule has 2 aliphatic rings. The van der Waals surface area contributed by atoms with Gasteiger partial charge in [0, 0.05) is 13.0 Å². The van der Waals surface area contributed by atoms with Crippen LogP contribution in [-0.4, -0.2) is 29.2 Å². The number of nitrogens with one attached hydrogen (secondary N) is 1. The van der Waals surface area contributed by atoms with E-state index < -0.39 is 0 Å². The molecule has 0 unspecified atom stereocenters. The van der Waals surface area contributed by atoms with Crippen LogP contribution in [0.4, 0.5) is 0 Å². The van der Waals surface area contributed by atoms with Gasteiger partial charge in [-0.2, -0.15) is 0 Å². The molecule has 5 heteroatoms. The van der Waals surface area contributed by atoms with Crippen LogP contribution in [0.25, 0.3) is 0 Å². The molecule has 132 valence electrons. The lowest BCUT2D eigenvalue weighted by Crippen LogP contribution is -2.36. The standard InChI is InChI=1S/C21H20N2O3/c24-19(22-18-11-5-7-14-6-1-2-8-15(14)18)12-13-23-20(25)16-9-3-4-10-17(16)21(23)26/h1-4,6,8-10,18H,5,7,11-13H2,(H,22,24)/t18-/m0/s1.